The second-order valence-electron chi connectivity index (χ2n) is 8.84. The van der Waals surface area contributed by atoms with Crippen molar-refractivity contribution in [3.05, 3.63) is 59.7 Å². The summed E-state index contributed by atoms with van der Waals surface area (Å²) in [7, 11) is 0. The quantitative estimate of drug-likeness (QED) is 0.571. The molecule has 1 saturated carbocycles. The maximum atomic E-state index is 12.6. The summed E-state index contributed by atoms with van der Waals surface area (Å²) in [5.41, 5.74) is 4.76. The number of rotatable bonds is 8. The molecule has 4 rings (SSSR count). The molecule has 0 bridgehead atoms. The molecule has 0 saturated heterocycles. The molecule has 2 aromatic rings. The molecule has 31 heavy (non-hydrogen) atoms. The molecule has 0 aliphatic heterocycles. The van der Waals surface area contributed by atoms with Crippen molar-refractivity contribution in [3.63, 3.8) is 0 Å². The van der Waals surface area contributed by atoms with E-state index in [0.29, 0.717) is 12.3 Å². The second kappa shape index (κ2) is 9.99. The summed E-state index contributed by atoms with van der Waals surface area (Å²) in [6.45, 7) is 0.273. The molecule has 5 nitrogen and oxygen atoms in total. The van der Waals surface area contributed by atoms with Gasteiger partial charge < -0.3 is 15.2 Å². The van der Waals surface area contributed by atoms with Crippen LogP contribution in [0.2, 0.25) is 0 Å². The topological polar surface area (TPSA) is 75.6 Å². The van der Waals surface area contributed by atoms with Crippen molar-refractivity contribution in [1.29, 1.82) is 0 Å². The highest BCUT2D eigenvalue weighted by Gasteiger charge is 2.29. The van der Waals surface area contributed by atoms with Crippen LogP contribution < -0.4 is 5.32 Å². The van der Waals surface area contributed by atoms with Crippen LogP contribution in [-0.4, -0.2) is 29.8 Å². The highest BCUT2D eigenvalue weighted by Crippen LogP contribution is 2.44. The summed E-state index contributed by atoms with van der Waals surface area (Å²) in [6, 6.07) is 16.4. The molecule has 0 heterocycles. The van der Waals surface area contributed by atoms with Gasteiger partial charge in [-0.05, 0) is 41.0 Å². The minimum Gasteiger partial charge on any atom is -0.481 e. The summed E-state index contributed by atoms with van der Waals surface area (Å²) < 4.78 is 5.67. The molecular weight excluding hydrogens is 390 g/mol. The number of carbonyl (C=O) groups excluding carboxylic acids is 1. The van der Waals surface area contributed by atoms with Crippen LogP contribution in [0.1, 0.15) is 68.4 Å². The number of amides is 1. The SMILES string of the molecule is O=C(O)CCC(CC1CCCCC1)NC(=O)OCC1c2ccccc2-c2ccccc21. The average molecular weight is 422 g/mol. The lowest BCUT2D eigenvalue weighted by Gasteiger charge is -2.27. The van der Waals surface area contributed by atoms with Crippen molar-refractivity contribution in [1.82, 2.24) is 5.32 Å². The van der Waals surface area contributed by atoms with Crippen LogP contribution >= 0.6 is 0 Å². The fraction of sp³-hybridized carbons (Fsp3) is 0.462. The molecule has 2 aliphatic rings. The number of carboxylic acid groups (broad SMARTS) is 1. The number of fused-ring (bicyclic) bond motifs is 3. The van der Waals surface area contributed by atoms with E-state index in [-0.39, 0.29) is 25.0 Å². The normalized spacial score (nSPS) is 16.9. The third kappa shape index (κ3) is 5.27. The van der Waals surface area contributed by atoms with Gasteiger partial charge in [0.2, 0.25) is 0 Å². The molecule has 1 fully saturated rings. The van der Waals surface area contributed by atoms with Crippen LogP contribution in [0.25, 0.3) is 11.1 Å². The van der Waals surface area contributed by atoms with Gasteiger partial charge in [-0.1, -0.05) is 80.6 Å². The van der Waals surface area contributed by atoms with E-state index in [4.69, 9.17) is 9.84 Å². The van der Waals surface area contributed by atoms with Crippen LogP contribution in [0.4, 0.5) is 4.79 Å². The lowest BCUT2D eigenvalue weighted by molar-refractivity contribution is -0.137. The predicted molar refractivity (Wildman–Crippen MR) is 120 cm³/mol. The Balaban J connectivity index is 1.38. The Hall–Kier alpha value is -2.82. The molecule has 0 radical (unpaired) electrons. The van der Waals surface area contributed by atoms with Crippen molar-refractivity contribution < 1.29 is 19.4 Å². The number of carboxylic acids is 1. The van der Waals surface area contributed by atoms with Gasteiger partial charge in [-0.2, -0.15) is 0 Å². The molecule has 0 spiro atoms. The maximum absolute atomic E-state index is 12.6. The third-order valence-electron chi connectivity index (χ3n) is 6.71. The number of benzene rings is 2. The van der Waals surface area contributed by atoms with Crippen molar-refractivity contribution in [3.8, 4) is 11.1 Å². The molecule has 2 aromatic carbocycles. The van der Waals surface area contributed by atoms with Gasteiger partial charge in [0, 0.05) is 18.4 Å². The molecule has 1 amide bonds. The Morgan fingerprint density at radius 3 is 2.19 bits per heavy atom. The molecule has 1 unspecified atom stereocenters. The van der Waals surface area contributed by atoms with Crippen molar-refractivity contribution in [2.24, 2.45) is 5.92 Å². The van der Waals surface area contributed by atoms with E-state index in [2.05, 4.69) is 29.6 Å². The Kier molecular flexibility index (Phi) is 6.90. The number of carbonyl (C=O) groups is 2. The van der Waals surface area contributed by atoms with Crippen molar-refractivity contribution in [2.75, 3.05) is 6.61 Å². The van der Waals surface area contributed by atoms with Crippen molar-refractivity contribution >= 4 is 12.1 Å². The zero-order valence-corrected chi connectivity index (χ0v) is 17.9. The molecule has 164 valence electrons. The lowest BCUT2D eigenvalue weighted by Crippen LogP contribution is -2.38. The van der Waals surface area contributed by atoms with Crippen LogP contribution in [-0.2, 0) is 9.53 Å². The molecule has 2 N–H and O–H groups in total. The number of hydrogen-bond acceptors (Lipinski definition) is 3. The minimum atomic E-state index is -0.831. The Morgan fingerprint density at radius 1 is 0.968 bits per heavy atom. The van der Waals surface area contributed by atoms with Crippen LogP contribution in [0.5, 0.6) is 0 Å². The van der Waals surface area contributed by atoms with Gasteiger partial charge in [0.1, 0.15) is 6.61 Å². The fourth-order valence-corrected chi connectivity index (χ4v) is 5.18. The monoisotopic (exact) mass is 421 g/mol. The van der Waals surface area contributed by atoms with Gasteiger partial charge in [-0.3, -0.25) is 4.79 Å². The zero-order valence-electron chi connectivity index (χ0n) is 17.9. The minimum absolute atomic E-state index is 0.0222. The van der Waals surface area contributed by atoms with Crippen LogP contribution in [0, 0.1) is 5.92 Å². The first kappa shape index (κ1) is 21.4. The number of hydrogen-bond donors (Lipinski definition) is 2. The van der Waals surface area contributed by atoms with Gasteiger partial charge >= 0.3 is 12.1 Å². The lowest BCUT2D eigenvalue weighted by atomic mass is 9.84. The summed E-state index contributed by atoms with van der Waals surface area (Å²) in [5, 5.41) is 12.1. The summed E-state index contributed by atoms with van der Waals surface area (Å²) >= 11 is 0. The Bertz CT molecular complexity index is 874. The number of aliphatic carboxylic acids is 1. The summed E-state index contributed by atoms with van der Waals surface area (Å²) in [4.78, 5) is 23.7. The van der Waals surface area contributed by atoms with E-state index in [1.54, 1.807) is 0 Å². The second-order valence-corrected chi connectivity index (χ2v) is 8.84. The van der Waals surface area contributed by atoms with Gasteiger partial charge in [0.15, 0.2) is 0 Å². The standard InChI is InChI=1S/C26H31NO4/c28-25(29)15-14-19(16-18-8-2-1-3-9-18)27-26(30)31-17-24-22-12-6-4-10-20(22)21-11-5-7-13-23(21)24/h4-7,10-13,18-19,24H,1-3,8-9,14-17H2,(H,27,30)(H,28,29). The van der Waals surface area contributed by atoms with E-state index in [1.165, 1.54) is 41.5 Å². The van der Waals surface area contributed by atoms with Crippen LogP contribution in [0.15, 0.2) is 48.5 Å². The molecule has 0 aromatic heterocycles. The first-order valence-electron chi connectivity index (χ1n) is 11.4. The Morgan fingerprint density at radius 2 is 1.58 bits per heavy atom. The zero-order chi connectivity index (χ0) is 21.6. The largest absolute Gasteiger partial charge is 0.481 e. The molecule has 1 atom stereocenters. The van der Waals surface area contributed by atoms with E-state index in [9.17, 15) is 9.59 Å². The number of alkyl carbamates (subject to hydrolysis) is 1. The summed E-state index contributed by atoms with van der Waals surface area (Å²) in [6.07, 6.45) is 6.92. The smallest absolute Gasteiger partial charge is 0.407 e. The number of nitrogens with one attached hydrogen (secondary N) is 1. The average Bonchev–Trinajstić information content (AvgIpc) is 3.10. The first-order chi connectivity index (χ1) is 15.1. The van der Waals surface area contributed by atoms with E-state index in [0.717, 1.165) is 19.3 Å². The van der Waals surface area contributed by atoms with Gasteiger partial charge in [0.25, 0.3) is 0 Å². The predicted octanol–water partition coefficient (Wildman–Crippen LogP) is 5.73. The third-order valence-corrected chi connectivity index (χ3v) is 6.71. The maximum Gasteiger partial charge on any atom is 0.407 e. The highest BCUT2D eigenvalue weighted by molar-refractivity contribution is 5.79. The van der Waals surface area contributed by atoms with Crippen LogP contribution in [0.3, 0.4) is 0 Å². The number of ether oxygens (including phenoxy) is 1. The van der Waals surface area contributed by atoms with E-state index >= 15 is 0 Å². The van der Waals surface area contributed by atoms with Gasteiger partial charge in [-0.15, -0.1) is 0 Å². The van der Waals surface area contributed by atoms with Gasteiger partial charge in [0.05, 0.1) is 0 Å². The fourth-order valence-electron chi connectivity index (χ4n) is 5.18. The Labute approximate surface area is 183 Å². The first-order valence-corrected chi connectivity index (χ1v) is 11.4. The highest BCUT2D eigenvalue weighted by atomic mass is 16.5. The van der Waals surface area contributed by atoms with Crippen molar-refractivity contribution in [2.45, 2.75) is 63.3 Å². The van der Waals surface area contributed by atoms with E-state index in [1.807, 2.05) is 24.3 Å². The molecule has 5 heteroatoms. The molecule has 2 aliphatic carbocycles. The van der Waals surface area contributed by atoms with Gasteiger partial charge in [-0.25, -0.2) is 4.79 Å². The summed E-state index contributed by atoms with van der Waals surface area (Å²) in [5.74, 6) is -0.252. The van der Waals surface area contributed by atoms with E-state index < -0.39 is 12.1 Å². The molecular formula is C26H31NO4.